The van der Waals surface area contributed by atoms with Gasteiger partial charge >= 0.3 is 0 Å². The Kier molecular flexibility index (Phi) is 3.57. The molecule has 0 radical (unpaired) electrons. The molecule has 22 heavy (non-hydrogen) atoms. The van der Waals surface area contributed by atoms with E-state index in [0.29, 0.717) is 17.6 Å². The number of allylic oxidation sites excluding steroid dienone is 1. The van der Waals surface area contributed by atoms with Crippen LogP contribution in [0.4, 0.5) is 0 Å². The second kappa shape index (κ2) is 5.72. The van der Waals surface area contributed by atoms with E-state index in [1.165, 1.54) is 36.5 Å². The third-order valence-electron chi connectivity index (χ3n) is 5.46. The van der Waals surface area contributed by atoms with E-state index in [2.05, 4.69) is 48.5 Å². The lowest BCUT2D eigenvalue weighted by Crippen LogP contribution is -2.16. The normalized spacial score (nSPS) is 24.6. The molecule has 1 heteroatoms. The number of carbonyl (C=O) groups is 1. The molecule has 0 spiro atoms. The lowest BCUT2D eigenvalue weighted by molar-refractivity contribution is -0.119. The molecule has 0 N–H and O–H groups in total. The van der Waals surface area contributed by atoms with Gasteiger partial charge < -0.3 is 0 Å². The predicted octanol–water partition coefficient (Wildman–Crippen LogP) is 5.39. The number of rotatable bonds is 2. The summed E-state index contributed by atoms with van der Waals surface area (Å²) in [5, 5.41) is 2.50. The van der Waals surface area contributed by atoms with Gasteiger partial charge in [-0.2, -0.15) is 0 Å². The molecule has 2 fully saturated rings. The van der Waals surface area contributed by atoms with Crippen molar-refractivity contribution < 1.29 is 4.79 Å². The third kappa shape index (κ3) is 2.49. The maximum absolute atomic E-state index is 12.7. The first-order valence-electron chi connectivity index (χ1n) is 8.55. The van der Waals surface area contributed by atoms with Gasteiger partial charge in [0.05, 0.1) is 0 Å². The van der Waals surface area contributed by atoms with Crippen LogP contribution < -0.4 is 0 Å². The Bertz CT molecular complexity index is 734. The van der Waals surface area contributed by atoms with E-state index in [1.807, 2.05) is 0 Å². The second-order valence-electron chi connectivity index (χ2n) is 6.83. The number of hydrogen-bond acceptors (Lipinski definition) is 1. The number of carbonyl (C=O) groups excluding carboxylic acids is 1. The van der Waals surface area contributed by atoms with Crippen LogP contribution in [-0.4, -0.2) is 5.78 Å². The van der Waals surface area contributed by atoms with Gasteiger partial charge in [0, 0.05) is 5.92 Å². The lowest BCUT2D eigenvalue weighted by Gasteiger charge is -2.15. The number of hydrogen-bond donors (Lipinski definition) is 0. The molecule has 2 aromatic rings. The van der Waals surface area contributed by atoms with E-state index in [4.69, 9.17) is 0 Å². The van der Waals surface area contributed by atoms with E-state index in [0.717, 1.165) is 24.0 Å². The van der Waals surface area contributed by atoms with E-state index in [-0.39, 0.29) is 0 Å². The maximum atomic E-state index is 12.7. The Morgan fingerprint density at radius 2 is 1.68 bits per heavy atom. The van der Waals surface area contributed by atoms with Crippen LogP contribution in [0, 0.1) is 11.8 Å². The summed E-state index contributed by atoms with van der Waals surface area (Å²) in [6, 6.07) is 14.9. The topological polar surface area (TPSA) is 17.1 Å². The molecule has 2 saturated carbocycles. The quantitative estimate of drug-likeness (QED) is 0.677. The van der Waals surface area contributed by atoms with Gasteiger partial charge in [0.15, 0.2) is 5.78 Å². The minimum absolute atomic E-state index is 0.314. The Hall–Kier alpha value is -1.89. The summed E-state index contributed by atoms with van der Waals surface area (Å²) in [7, 11) is 0. The van der Waals surface area contributed by atoms with Crippen molar-refractivity contribution in [1.29, 1.82) is 0 Å². The van der Waals surface area contributed by atoms with Gasteiger partial charge in [-0.25, -0.2) is 0 Å². The zero-order chi connectivity index (χ0) is 14.9. The van der Waals surface area contributed by atoms with Crippen molar-refractivity contribution in [2.45, 2.75) is 38.5 Å². The number of benzene rings is 2. The Morgan fingerprint density at radius 3 is 2.50 bits per heavy atom. The highest BCUT2D eigenvalue weighted by Gasteiger charge is 2.36. The van der Waals surface area contributed by atoms with Gasteiger partial charge in [-0.1, -0.05) is 49.2 Å². The molecule has 1 atom stereocenters. The minimum Gasteiger partial charge on any atom is -0.294 e. The van der Waals surface area contributed by atoms with Crippen LogP contribution in [0.15, 0.2) is 48.0 Å². The lowest BCUT2D eigenvalue weighted by atomic mass is 9.88. The molecule has 4 rings (SSSR count). The highest BCUT2D eigenvalue weighted by Crippen LogP contribution is 2.40. The van der Waals surface area contributed by atoms with Crippen LogP contribution in [0.3, 0.4) is 0 Å². The van der Waals surface area contributed by atoms with Crippen LogP contribution in [0.5, 0.6) is 0 Å². The van der Waals surface area contributed by atoms with Gasteiger partial charge in [-0.3, -0.25) is 4.79 Å². The Morgan fingerprint density at radius 1 is 0.909 bits per heavy atom. The summed E-state index contributed by atoms with van der Waals surface area (Å²) in [5.41, 5.74) is 2.21. The molecule has 2 aliphatic rings. The van der Waals surface area contributed by atoms with Crippen molar-refractivity contribution in [2.24, 2.45) is 11.8 Å². The fourth-order valence-corrected chi connectivity index (χ4v) is 4.26. The van der Waals surface area contributed by atoms with E-state index < -0.39 is 0 Å². The predicted molar refractivity (Wildman–Crippen MR) is 91.6 cm³/mol. The van der Waals surface area contributed by atoms with Crippen LogP contribution in [0.2, 0.25) is 0 Å². The van der Waals surface area contributed by atoms with E-state index in [1.54, 1.807) is 0 Å². The molecule has 2 aliphatic carbocycles. The van der Waals surface area contributed by atoms with Gasteiger partial charge in [0.1, 0.15) is 0 Å². The van der Waals surface area contributed by atoms with Crippen LogP contribution in [-0.2, 0) is 4.79 Å². The van der Waals surface area contributed by atoms with Crippen molar-refractivity contribution >= 4 is 22.6 Å². The van der Waals surface area contributed by atoms with Crippen molar-refractivity contribution in [3.8, 4) is 0 Å². The zero-order valence-corrected chi connectivity index (χ0v) is 12.9. The van der Waals surface area contributed by atoms with Crippen molar-refractivity contribution in [2.75, 3.05) is 0 Å². The van der Waals surface area contributed by atoms with Crippen molar-refractivity contribution in [1.82, 2.24) is 0 Å². The molecular weight excluding hydrogens is 268 g/mol. The molecule has 0 saturated heterocycles. The smallest absolute Gasteiger partial charge is 0.162 e. The molecule has 2 aromatic carbocycles. The van der Waals surface area contributed by atoms with E-state index >= 15 is 0 Å². The molecule has 0 unspecified atom stereocenters. The second-order valence-corrected chi connectivity index (χ2v) is 6.83. The fourth-order valence-electron chi connectivity index (χ4n) is 4.26. The van der Waals surface area contributed by atoms with Crippen molar-refractivity contribution in [3.63, 3.8) is 0 Å². The van der Waals surface area contributed by atoms with Crippen molar-refractivity contribution in [3.05, 3.63) is 53.6 Å². The molecule has 0 heterocycles. The first-order chi connectivity index (χ1) is 10.8. The summed E-state index contributed by atoms with van der Waals surface area (Å²) >= 11 is 0. The van der Waals surface area contributed by atoms with E-state index in [9.17, 15) is 4.79 Å². The SMILES string of the molecule is O=C1/C(=C/c2ccc3ccccc3c2)CC[C@@H]1C1CCCC1. The van der Waals surface area contributed by atoms with Gasteiger partial charge in [0.25, 0.3) is 0 Å². The highest BCUT2D eigenvalue weighted by molar-refractivity contribution is 6.03. The molecule has 1 nitrogen and oxygen atoms in total. The summed E-state index contributed by atoms with van der Waals surface area (Å²) < 4.78 is 0. The zero-order valence-electron chi connectivity index (χ0n) is 12.9. The first-order valence-corrected chi connectivity index (χ1v) is 8.55. The summed E-state index contributed by atoms with van der Waals surface area (Å²) in [6.45, 7) is 0. The third-order valence-corrected chi connectivity index (χ3v) is 5.46. The van der Waals surface area contributed by atoms with Crippen LogP contribution in [0.25, 0.3) is 16.8 Å². The van der Waals surface area contributed by atoms with Gasteiger partial charge in [-0.05, 0) is 65.7 Å². The minimum atomic E-state index is 0.314. The maximum Gasteiger partial charge on any atom is 0.162 e. The Balaban J connectivity index is 1.60. The molecular formula is C21H22O. The molecule has 0 bridgehead atoms. The average Bonchev–Trinajstić information content (AvgIpc) is 3.18. The molecule has 112 valence electrons. The first kappa shape index (κ1) is 13.8. The average molecular weight is 290 g/mol. The largest absolute Gasteiger partial charge is 0.294 e. The fraction of sp³-hybridized carbons (Fsp3) is 0.381. The summed E-state index contributed by atoms with van der Waals surface area (Å²) in [5.74, 6) is 1.41. The number of Topliss-reactive ketones (excluding diaryl/α,β-unsaturated/α-hetero) is 1. The summed E-state index contributed by atoms with van der Waals surface area (Å²) in [4.78, 5) is 12.7. The number of ketones is 1. The Labute approximate surface area is 132 Å². The molecule has 0 amide bonds. The highest BCUT2D eigenvalue weighted by atomic mass is 16.1. The van der Waals surface area contributed by atoms with Crippen LogP contribution >= 0.6 is 0 Å². The van der Waals surface area contributed by atoms with Crippen LogP contribution in [0.1, 0.15) is 44.1 Å². The monoisotopic (exact) mass is 290 g/mol. The summed E-state index contributed by atoms with van der Waals surface area (Å²) in [6.07, 6.45) is 9.33. The molecule has 0 aromatic heterocycles. The van der Waals surface area contributed by atoms with Gasteiger partial charge in [-0.15, -0.1) is 0 Å². The van der Waals surface area contributed by atoms with Gasteiger partial charge in [0.2, 0.25) is 0 Å². The molecule has 0 aliphatic heterocycles. The standard InChI is InChI=1S/C21H22O/c22-21-19(11-12-20(21)17-6-2-3-7-17)14-15-9-10-16-5-1-4-8-18(16)13-15/h1,4-5,8-10,13-14,17,20H,2-3,6-7,11-12H2/b19-14+/t20-/m1/s1. The number of fused-ring (bicyclic) bond motifs is 1.